The summed E-state index contributed by atoms with van der Waals surface area (Å²) in [6.45, 7) is 7.81. The Morgan fingerprint density at radius 3 is 2.22 bits per heavy atom. The molecule has 1 aliphatic rings. The van der Waals surface area contributed by atoms with E-state index < -0.39 is 9.84 Å². The summed E-state index contributed by atoms with van der Waals surface area (Å²) in [4.78, 5) is 15.1. The van der Waals surface area contributed by atoms with Crippen molar-refractivity contribution in [1.82, 2.24) is 4.90 Å². The van der Waals surface area contributed by atoms with Gasteiger partial charge in [0.05, 0.1) is 24.7 Å². The van der Waals surface area contributed by atoms with Gasteiger partial charge in [-0.3, -0.25) is 4.79 Å². The Morgan fingerprint density at radius 2 is 1.66 bits per heavy atom. The highest BCUT2D eigenvalue weighted by atomic mass is 32.2. The zero-order valence-corrected chi connectivity index (χ0v) is 19.9. The number of benzene rings is 2. The number of carbonyl (C=O) groups excluding carboxylic acids is 1. The Bertz CT molecular complexity index is 984. The molecule has 1 fully saturated rings. The van der Waals surface area contributed by atoms with Crippen LogP contribution >= 0.6 is 0 Å². The highest BCUT2D eigenvalue weighted by molar-refractivity contribution is 7.91. The second-order valence-corrected chi connectivity index (χ2v) is 10.9. The predicted molar refractivity (Wildman–Crippen MR) is 126 cm³/mol. The molecule has 0 bridgehead atoms. The summed E-state index contributed by atoms with van der Waals surface area (Å²) in [5.74, 6) is 1.87. The van der Waals surface area contributed by atoms with Gasteiger partial charge < -0.3 is 14.4 Å². The summed E-state index contributed by atoms with van der Waals surface area (Å²) in [5.41, 5.74) is 1.46. The lowest BCUT2D eigenvalue weighted by Gasteiger charge is -2.28. The number of rotatable bonds is 10. The molecular weight excluding hydrogens is 426 g/mol. The van der Waals surface area contributed by atoms with Crippen molar-refractivity contribution < 1.29 is 22.7 Å². The topological polar surface area (TPSA) is 72.9 Å². The first-order chi connectivity index (χ1) is 15.3. The molecule has 1 heterocycles. The average molecular weight is 460 g/mol. The van der Waals surface area contributed by atoms with E-state index in [0.29, 0.717) is 43.4 Å². The van der Waals surface area contributed by atoms with Crippen molar-refractivity contribution in [2.75, 3.05) is 24.7 Å². The maximum atomic E-state index is 13.4. The molecule has 0 radical (unpaired) electrons. The second-order valence-electron chi connectivity index (χ2n) is 8.71. The van der Waals surface area contributed by atoms with Gasteiger partial charge in [0.25, 0.3) is 5.91 Å². The molecule has 0 N–H and O–H groups in total. The third-order valence-electron chi connectivity index (χ3n) is 5.34. The van der Waals surface area contributed by atoms with Crippen LogP contribution in [0.15, 0.2) is 48.5 Å². The summed E-state index contributed by atoms with van der Waals surface area (Å²) in [5, 5.41) is 0. The molecule has 1 aliphatic heterocycles. The van der Waals surface area contributed by atoms with Gasteiger partial charge in [-0.2, -0.15) is 0 Å². The van der Waals surface area contributed by atoms with Crippen molar-refractivity contribution in [3.8, 4) is 11.5 Å². The maximum Gasteiger partial charge on any atom is 0.254 e. The molecule has 32 heavy (non-hydrogen) atoms. The van der Waals surface area contributed by atoms with Gasteiger partial charge in [0.1, 0.15) is 11.5 Å². The highest BCUT2D eigenvalue weighted by Gasteiger charge is 2.35. The van der Waals surface area contributed by atoms with Crippen LogP contribution in [0, 0.1) is 5.92 Å². The number of sulfone groups is 1. The Morgan fingerprint density at radius 1 is 1.03 bits per heavy atom. The Labute approximate surface area is 191 Å². The van der Waals surface area contributed by atoms with E-state index in [1.807, 2.05) is 24.3 Å². The number of ether oxygens (including phenoxy) is 2. The van der Waals surface area contributed by atoms with Gasteiger partial charge in [0.15, 0.2) is 9.84 Å². The van der Waals surface area contributed by atoms with E-state index in [0.717, 1.165) is 17.7 Å². The first-order valence-electron chi connectivity index (χ1n) is 11.2. The molecule has 3 rings (SSSR count). The first-order valence-corrected chi connectivity index (χ1v) is 13.1. The largest absolute Gasteiger partial charge is 0.494 e. The molecule has 0 aliphatic carbocycles. The van der Waals surface area contributed by atoms with Crippen LogP contribution in [0.3, 0.4) is 0 Å². The molecule has 7 heteroatoms. The highest BCUT2D eigenvalue weighted by Crippen LogP contribution is 2.24. The van der Waals surface area contributed by atoms with Crippen LogP contribution in [-0.4, -0.2) is 50.0 Å². The molecule has 2 aromatic rings. The van der Waals surface area contributed by atoms with Crippen molar-refractivity contribution in [2.24, 2.45) is 5.92 Å². The lowest BCUT2D eigenvalue weighted by molar-refractivity contribution is 0.0681. The van der Waals surface area contributed by atoms with Gasteiger partial charge in [-0.25, -0.2) is 8.42 Å². The number of nitrogens with zero attached hydrogens (tertiary/aromatic N) is 1. The van der Waals surface area contributed by atoms with Gasteiger partial charge in [0.2, 0.25) is 0 Å². The monoisotopic (exact) mass is 459 g/mol. The van der Waals surface area contributed by atoms with Gasteiger partial charge >= 0.3 is 0 Å². The third kappa shape index (κ3) is 6.73. The van der Waals surface area contributed by atoms with Crippen LogP contribution in [0.1, 0.15) is 49.5 Å². The minimum Gasteiger partial charge on any atom is -0.494 e. The van der Waals surface area contributed by atoms with Crippen molar-refractivity contribution in [3.05, 3.63) is 59.7 Å². The molecule has 1 amide bonds. The minimum absolute atomic E-state index is 0.00597. The predicted octanol–water partition coefficient (Wildman–Crippen LogP) is 4.34. The summed E-state index contributed by atoms with van der Waals surface area (Å²) in [6, 6.07) is 14.4. The molecule has 174 valence electrons. The third-order valence-corrected chi connectivity index (χ3v) is 7.09. The number of amides is 1. The fraction of sp³-hybridized carbons (Fsp3) is 0.480. The van der Waals surface area contributed by atoms with Crippen molar-refractivity contribution in [1.29, 1.82) is 0 Å². The Kier molecular flexibility index (Phi) is 8.18. The Hall–Kier alpha value is -2.54. The first kappa shape index (κ1) is 24.1. The summed E-state index contributed by atoms with van der Waals surface area (Å²) < 4.78 is 35.5. The second kappa shape index (κ2) is 10.9. The molecule has 1 atom stereocenters. The van der Waals surface area contributed by atoms with E-state index in [9.17, 15) is 13.2 Å². The summed E-state index contributed by atoms with van der Waals surface area (Å²) in [6.07, 6.45) is 1.39. The van der Waals surface area contributed by atoms with E-state index in [2.05, 4.69) is 20.8 Å². The summed E-state index contributed by atoms with van der Waals surface area (Å²) in [7, 11) is -3.12. The van der Waals surface area contributed by atoms with Gasteiger partial charge in [-0.05, 0) is 60.7 Å². The van der Waals surface area contributed by atoms with Crippen LogP contribution < -0.4 is 9.47 Å². The van der Waals surface area contributed by atoms with Gasteiger partial charge in [-0.15, -0.1) is 0 Å². The maximum absolute atomic E-state index is 13.4. The number of hydrogen-bond acceptors (Lipinski definition) is 5. The fourth-order valence-corrected chi connectivity index (χ4v) is 5.35. The molecule has 2 aromatic carbocycles. The molecule has 0 spiro atoms. The SMILES string of the molecule is CCCOc1ccc(CN(C(=O)c2ccc(OCC(C)C)cc2)C2CCS(=O)(=O)C2)cc1. The smallest absolute Gasteiger partial charge is 0.254 e. The molecule has 6 nitrogen and oxygen atoms in total. The zero-order chi connectivity index (χ0) is 23.1. The van der Waals surface area contributed by atoms with Crippen LogP contribution in [0.2, 0.25) is 0 Å². The summed E-state index contributed by atoms with van der Waals surface area (Å²) >= 11 is 0. The van der Waals surface area contributed by atoms with Gasteiger partial charge in [-0.1, -0.05) is 32.9 Å². The Balaban J connectivity index is 1.77. The van der Waals surface area contributed by atoms with Crippen molar-refractivity contribution >= 4 is 15.7 Å². The molecule has 0 saturated carbocycles. The number of carbonyl (C=O) groups is 1. The normalized spacial score (nSPS) is 17.3. The minimum atomic E-state index is -3.12. The molecule has 1 unspecified atom stereocenters. The standard InChI is InChI=1S/C25H33NO5S/c1-4-14-30-23-9-5-20(6-10-23)16-26(22-13-15-32(28,29)18-22)25(27)21-7-11-24(12-8-21)31-17-19(2)3/h5-12,19,22H,4,13-18H2,1-3H3. The molecule has 0 aromatic heterocycles. The molecular formula is C25H33NO5S. The lowest BCUT2D eigenvalue weighted by Crippen LogP contribution is -2.40. The van der Waals surface area contributed by atoms with Crippen LogP contribution in [-0.2, 0) is 16.4 Å². The fourth-order valence-electron chi connectivity index (χ4n) is 3.62. The van der Waals surface area contributed by atoms with Crippen LogP contribution in [0.5, 0.6) is 11.5 Å². The van der Waals surface area contributed by atoms with Crippen LogP contribution in [0.25, 0.3) is 0 Å². The van der Waals surface area contributed by atoms with E-state index in [-0.39, 0.29) is 23.5 Å². The number of hydrogen-bond donors (Lipinski definition) is 0. The zero-order valence-electron chi connectivity index (χ0n) is 19.1. The van der Waals surface area contributed by atoms with E-state index in [4.69, 9.17) is 9.47 Å². The van der Waals surface area contributed by atoms with E-state index in [1.165, 1.54) is 0 Å². The van der Waals surface area contributed by atoms with Crippen LogP contribution in [0.4, 0.5) is 0 Å². The van der Waals surface area contributed by atoms with Crippen molar-refractivity contribution in [2.45, 2.75) is 46.2 Å². The lowest BCUT2D eigenvalue weighted by atomic mass is 10.1. The van der Waals surface area contributed by atoms with E-state index >= 15 is 0 Å². The average Bonchev–Trinajstić information content (AvgIpc) is 3.14. The van der Waals surface area contributed by atoms with E-state index in [1.54, 1.807) is 29.2 Å². The van der Waals surface area contributed by atoms with Crippen molar-refractivity contribution in [3.63, 3.8) is 0 Å². The molecule has 1 saturated heterocycles. The van der Waals surface area contributed by atoms with Gasteiger partial charge in [0, 0.05) is 18.2 Å². The quantitative estimate of drug-likeness (QED) is 0.528.